The SMILES string of the molecule is O=C(NNC(=O)c1ccc([N+](=O)[O-])o1)c1cccnc1. The fraction of sp³-hybridized carbons (Fsp3) is 0. The Morgan fingerprint density at radius 2 is 1.95 bits per heavy atom. The minimum atomic E-state index is -0.810. The van der Waals surface area contributed by atoms with Gasteiger partial charge in [0.05, 0.1) is 11.6 Å². The number of hydrazine groups is 1. The summed E-state index contributed by atoms with van der Waals surface area (Å²) in [5.41, 5.74) is 4.44. The summed E-state index contributed by atoms with van der Waals surface area (Å²) in [6.45, 7) is 0. The van der Waals surface area contributed by atoms with Crippen LogP contribution in [0.3, 0.4) is 0 Å². The highest BCUT2D eigenvalue weighted by Gasteiger charge is 2.17. The van der Waals surface area contributed by atoms with Gasteiger partial charge in [0.15, 0.2) is 0 Å². The Morgan fingerprint density at radius 1 is 1.20 bits per heavy atom. The third-order valence-electron chi connectivity index (χ3n) is 2.21. The number of carbonyl (C=O) groups excluding carboxylic acids is 2. The van der Waals surface area contributed by atoms with Crippen LogP contribution in [0.5, 0.6) is 0 Å². The van der Waals surface area contributed by atoms with E-state index in [4.69, 9.17) is 0 Å². The van der Waals surface area contributed by atoms with E-state index in [9.17, 15) is 19.7 Å². The molecule has 2 N–H and O–H groups in total. The predicted molar refractivity (Wildman–Crippen MR) is 64.5 cm³/mol. The summed E-state index contributed by atoms with van der Waals surface area (Å²) >= 11 is 0. The van der Waals surface area contributed by atoms with Crippen LogP contribution < -0.4 is 10.9 Å². The molecule has 20 heavy (non-hydrogen) atoms. The number of rotatable bonds is 3. The van der Waals surface area contributed by atoms with Crippen LogP contribution in [0, 0.1) is 10.1 Å². The average molecular weight is 276 g/mol. The predicted octanol–water partition coefficient (Wildman–Crippen LogP) is 0.658. The number of hydrogen-bond donors (Lipinski definition) is 2. The first-order valence-electron chi connectivity index (χ1n) is 5.33. The molecule has 2 heterocycles. The third-order valence-corrected chi connectivity index (χ3v) is 2.21. The normalized spacial score (nSPS) is 9.80. The minimum Gasteiger partial charge on any atom is -0.395 e. The zero-order valence-corrected chi connectivity index (χ0v) is 9.90. The molecule has 9 heteroatoms. The van der Waals surface area contributed by atoms with Gasteiger partial charge in [-0.2, -0.15) is 0 Å². The van der Waals surface area contributed by atoms with Gasteiger partial charge in [-0.25, -0.2) is 0 Å². The molecule has 0 saturated heterocycles. The zero-order valence-electron chi connectivity index (χ0n) is 9.90. The summed E-state index contributed by atoms with van der Waals surface area (Å²) in [5, 5.41) is 10.4. The molecule has 0 aliphatic rings. The van der Waals surface area contributed by atoms with Gasteiger partial charge in [-0.15, -0.1) is 0 Å². The van der Waals surface area contributed by atoms with E-state index in [0.29, 0.717) is 0 Å². The van der Waals surface area contributed by atoms with E-state index >= 15 is 0 Å². The molecule has 0 atom stereocenters. The zero-order chi connectivity index (χ0) is 14.5. The van der Waals surface area contributed by atoms with Crippen LogP contribution in [0.25, 0.3) is 0 Å². The first-order valence-corrected chi connectivity index (χ1v) is 5.33. The van der Waals surface area contributed by atoms with E-state index in [2.05, 4.69) is 20.3 Å². The molecule has 0 spiro atoms. The monoisotopic (exact) mass is 276 g/mol. The van der Waals surface area contributed by atoms with Crippen molar-refractivity contribution in [2.24, 2.45) is 0 Å². The van der Waals surface area contributed by atoms with Gasteiger partial charge in [0.25, 0.3) is 5.91 Å². The van der Waals surface area contributed by atoms with Crippen LogP contribution in [0.2, 0.25) is 0 Å². The van der Waals surface area contributed by atoms with Gasteiger partial charge in [0.1, 0.15) is 4.92 Å². The van der Waals surface area contributed by atoms with Crippen molar-refractivity contribution in [1.29, 1.82) is 0 Å². The molecule has 0 bridgehead atoms. The Morgan fingerprint density at radius 3 is 2.55 bits per heavy atom. The quantitative estimate of drug-likeness (QED) is 0.626. The van der Waals surface area contributed by atoms with Gasteiger partial charge in [-0.05, 0) is 18.2 Å². The maximum absolute atomic E-state index is 11.6. The number of nitrogens with one attached hydrogen (secondary N) is 2. The van der Waals surface area contributed by atoms with Gasteiger partial charge in [0, 0.05) is 12.4 Å². The second-order valence-corrected chi connectivity index (χ2v) is 3.54. The van der Waals surface area contributed by atoms with Crippen LogP contribution >= 0.6 is 0 Å². The molecule has 2 amide bonds. The van der Waals surface area contributed by atoms with Gasteiger partial charge >= 0.3 is 11.8 Å². The summed E-state index contributed by atoms with van der Waals surface area (Å²) in [7, 11) is 0. The maximum atomic E-state index is 11.6. The van der Waals surface area contributed by atoms with Crippen molar-refractivity contribution in [3.8, 4) is 0 Å². The Bertz CT molecular complexity index is 652. The fourth-order valence-corrected chi connectivity index (χ4v) is 1.29. The molecule has 0 radical (unpaired) electrons. The Labute approximate surface area is 111 Å². The van der Waals surface area contributed by atoms with E-state index in [1.165, 1.54) is 18.5 Å². The van der Waals surface area contributed by atoms with Crippen molar-refractivity contribution in [3.63, 3.8) is 0 Å². The number of amides is 2. The minimum absolute atomic E-state index is 0.248. The second-order valence-electron chi connectivity index (χ2n) is 3.54. The average Bonchev–Trinajstić information content (AvgIpc) is 2.95. The molecule has 0 aliphatic carbocycles. The lowest BCUT2D eigenvalue weighted by Crippen LogP contribution is -2.41. The van der Waals surface area contributed by atoms with Crippen LogP contribution in [0.15, 0.2) is 41.1 Å². The Kier molecular flexibility index (Phi) is 3.70. The van der Waals surface area contributed by atoms with E-state index in [0.717, 1.165) is 12.1 Å². The summed E-state index contributed by atoms with van der Waals surface area (Å²) < 4.78 is 4.67. The molecular weight excluding hydrogens is 268 g/mol. The lowest BCUT2D eigenvalue weighted by Gasteiger charge is -2.04. The van der Waals surface area contributed by atoms with Crippen molar-refractivity contribution >= 4 is 17.7 Å². The van der Waals surface area contributed by atoms with Crippen LogP contribution in [0.1, 0.15) is 20.9 Å². The number of hydrogen-bond acceptors (Lipinski definition) is 6. The Hall–Kier alpha value is -3.23. The molecule has 2 aromatic heterocycles. The highest BCUT2D eigenvalue weighted by atomic mass is 16.6. The summed E-state index contributed by atoms with van der Waals surface area (Å²) in [4.78, 5) is 36.5. The number of carbonyl (C=O) groups is 2. The van der Waals surface area contributed by atoms with Crippen molar-refractivity contribution in [3.05, 3.63) is 58.1 Å². The van der Waals surface area contributed by atoms with Crippen molar-refractivity contribution < 1.29 is 18.9 Å². The molecule has 2 aromatic rings. The summed E-state index contributed by atoms with van der Waals surface area (Å²) in [6.07, 6.45) is 2.82. The van der Waals surface area contributed by atoms with E-state index < -0.39 is 22.6 Å². The molecule has 2 rings (SSSR count). The Balaban J connectivity index is 1.95. The first-order chi connectivity index (χ1) is 9.58. The van der Waals surface area contributed by atoms with Crippen LogP contribution in [-0.2, 0) is 0 Å². The largest absolute Gasteiger partial charge is 0.433 e. The number of aromatic nitrogens is 1. The number of furan rings is 1. The highest BCUT2D eigenvalue weighted by molar-refractivity contribution is 5.97. The lowest BCUT2D eigenvalue weighted by atomic mass is 10.3. The van der Waals surface area contributed by atoms with E-state index in [1.807, 2.05) is 0 Å². The smallest absolute Gasteiger partial charge is 0.395 e. The van der Waals surface area contributed by atoms with Gasteiger partial charge in [-0.3, -0.25) is 35.5 Å². The third kappa shape index (κ3) is 2.96. The molecule has 0 aromatic carbocycles. The summed E-state index contributed by atoms with van der Waals surface area (Å²) in [5.74, 6) is -2.24. The maximum Gasteiger partial charge on any atom is 0.433 e. The highest BCUT2D eigenvalue weighted by Crippen LogP contribution is 2.15. The topological polar surface area (TPSA) is 127 Å². The lowest BCUT2D eigenvalue weighted by molar-refractivity contribution is -0.402. The van der Waals surface area contributed by atoms with Crippen LogP contribution in [0.4, 0.5) is 5.88 Å². The molecule has 102 valence electrons. The molecule has 0 fully saturated rings. The first kappa shape index (κ1) is 13.2. The standard InChI is InChI=1S/C11H8N4O5/c16-10(7-2-1-5-12-6-7)13-14-11(17)8-3-4-9(20-8)15(18)19/h1-6H,(H,13,16)(H,14,17). The van der Waals surface area contributed by atoms with Gasteiger partial charge < -0.3 is 4.42 Å². The van der Waals surface area contributed by atoms with Crippen molar-refractivity contribution in [1.82, 2.24) is 15.8 Å². The summed E-state index contributed by atoms with van der Waals surface area (Å²) in [6, 6.07) is 5.24. The number of nitro groups is 1. The van der Waals surface area contributed by atoms with Gasteiger partial charge in [0.2, 0.25) is 5.76 Å². The van der Waals surface area contributed by atoms with Crippen molar-refractivity contribution in [2.45, 2.75) is 0 Å². The van der Waals surface area contributed by atoms with Gasteiger partial charge in [-0.1, -0.05) is 0 Å². The van der Waals surface area contributed by atoms with Crippen molar-refractivity contribution in [2.75, 3.05) is 0 Å². The molecule has 0 saturated carbocycles. The number of pyridine rings is 1. The fourth-order valence-electron chi connectivity index (χ4n) is 1.29. The van der Waals surface area contributed by atoms with Crippen LogP contribution in [-0.4, -0.2) is 21.7 Å². The molecule has 0 aliphatic heterocycles. The van der Waals surface area contributed by atoms with E-state index in [1.54, 1.807) is 6.07 Å². The molecule has 9 nitrogen and oxygen atoms in total. The van der Waals surface area contributed by atoms with E-state index in [-0.39, 0.29) is 11.3 Å². The molecular formula is C11H8N4O5. The molecule has 0 unspecified atom stereocenters. The second kappa shape index (κ2) is 5.61. The number of nitrogens with zero attached hydrogens (tertiary/aromatic N) is 2.